The minimum atomic E-state index is -0.508. The Morgan fingerprint density at radius 3 is 1.34 bits per heavy atom. The van der Waals surface area contributed by atoms with Crippen LogP contribution in [0.25, 0.3) is 78.1 Å². The number of para-hydroxylation sites is 1. The molecule has 1 aliphatic heterocycles. The maximum atomic E-state index is 6.73. The number of hydrogen-bond acceptors (Lipinski definition) is 2. The molecule has 0 saturated heterocycles. The van der Waals surface area contributed by atoms with Crippen LogP contribution in [0.2, 0.25) is 0 Å². The Labute approximate surface area is 362 Å². The number of nitrogens with zero attached hydrogens (tertiary/aromatic N) is 1. The van der Waals surface area contributed by atoms with Crippen molar-refractivity contribution in [3.8, 4) is 89.6 Å². The summed E-state index contributed by atoms with van der Waals surface area (Å²) in [6.45, 7) is 0. The van der Waals surface area contributed by atoms with Gasteiger partial charge in [-0.25, -0.2) is 4.98 Å². The monoisotopic (exact) mass is 789 g/mol. The van der Waals surface area contributed by atoms with Crippen molar-refractivity contribution in [3.63, 3.8) is 0 Å². The first-order valence-electron chi connectivity index (χ1n) is 21.3. The van der Waals surface area contributed by atoms with E-state index in [2.05, 4.69) is 237 Å². The van der Waals surface area contributed by atoms with E-state index in [9.17, 15) is 0 Å². The Balaban J connectivity index is 0.997. The number of rotatable bonds is 6. The summed E-state index contributed by atoms with van der Waals surface area (Å²) in [6, 6.07) is 85.1. The van der Waals surface area contributed by atoms with Gasteiger partial charge in [-0.3, -0.25) is 0 Å². The average Bonchev–Trinajstić information content (AvgIpc) is 3.65. The maximum Gasteiger partial charge on any atom is 0.132 e. The van der Waals surface area contributed by atoms with Gasteiger partial charge in [0.25, 0.3) is 0 Å². The molecule has 2 heteroatoms. The van der Waals surface area contributed by atoms with Gasteiger partial charge in [0.15, 0.2) is 0 Å². The van der Waals surface area contributed by atoms with Crippen molar-refractivity contribution in [1.29, 1.82) is 0 Å². The van der Waals surface area contributed by atoms with E-state index in [1.54, 1.807) is 0 Å². The lowest BCUT2D eigenvalue weighted by Gasteiger charge is -2.39. The number of aromatic nitrogens is 1. The highest BCUT2D eigenvalue weighted by atomic mass is 16.5. The fourth-order valence-corrected chi connectivity index (χ4v) is 10.0. The summed E-state index contributed by atoms with van der Waals surface area (Å²) in [5.41, 5.74) is 20.3. The standard InChI is InChI=1S/C60H39NO/c1-4-17-42(18-5-1)55-38-46(39-56(61-55)43-19-6-2-7-20-43)48-26-16-25-47(59(48)44-21-8-3-9-22-44)41-33-31-40(32-34-41)45-35-36-58-54(37-45)60(53-29-14-15-30-57(53)62-58)51-27-12-10-23-49(51)50-24-11-13-28-52(50)60/h1-39H. The molecular formula is C60H39NO. The summed E-state index contributed by atoms with van der Waals surface area (Å²) >= 11 is 0. The predicted octanol–water partition coefficient (Wildman–Crippen LogP) is 15.6. The molecule has 9 aromatic carbocycles. The molecule has 1 spiro atoms. The molecule has 2 heterocycles. The van der Waals surface area contributed by atoms with Gasteiger partial charge in [0, 0.05) is 22.3 Å². The zero-order chi connectivity index (χ0) is 41.0. The fourth-order valence-electron chi connectivity index (χ4n) is 10.0. The lowest BCUT2D eigenvalue weighted by Crippen LogP contribution is -2.32. The van der Waals surface area contributed by atoms with Crippen LogP contribution >= 0.6 is 0 Å². The van der Waals surface area contributed by atoms with E-state index in [1.807, 2.05) is 0 Å². The minimum Gasteiger partial charge on any atom is -0.457 e. The van der Waals surface area contributed by atoms with Crippen molar-refractivity contribution in [2.24, 2.45) is 0 Å². The van der Waals surface area contributed by atoms with Crippen molar-refractivity contribution in [2.75, 3.05) is 0 Å². The Morgan fingerprint density at radius 2 is 0.726 bits per heavy atom. The fraction of sp³-hybridized carbons (Fsp3) is 0.0167. The molecule has 0 unspecified atom stereocenters. The van der Waals surface area contributed by atoms with Gasteiger partial charge in [0.1, 0.15) is 11.5 Å². The first-order valence-corrected chi connectivity index (χ1v) is 21.3. The van der Waals surface area contributed by atoms with Crippen molar-refractivity contribution in [2.45, 2.75) is 5.41 Å². The summed E-state index contributed by atoms with van der Waals surface area (Å²) in [7, 11) is 0. The minimum absolute atomic E-state index is 0.508. The number of hydrogen-bond donors (Lipinski definition) is 0. The second-order valence-electron chi connectivity index (χ2n) is 16.2. The lowest BCUT2D eigenvalue weighted by molar-refractivity contribution is 0.436. The Kier molecular flexibility index (Phi) is 8.43. The van der Waals surface area contributed by atoms with Crippen molar-refractivity contribution in [3.05, 3.63) is 259 Å². The highest BCUT2D eigenvalue weighted by molar-refractivity contribution is 5.96. The van der Waals surface area contributed by atoms with E-state index in [-0.39, 0.29) is 0 Å². The summed E-state index contributed by atoms with van der Waals surface area (Å²) in [6.07, 6.45) is 0. The third-order valence-corrected chi connectivity index (χ3v) is 12.8. The molecule has 62 heavy (non-hydrogen) atoms. The zero-order valence-electron chi connectivity index (χ0n) is 33.9. The van der Waals surface area contributed by atoms with Gasteiger partial charge in [-0.15, -0.1) is 0 Å². The summed E-state index contributed by atoms with van der Waals surface area (Å²) < 4.78 is 6.73. The van der Waals surface area contributed by atoms with Crippen molar-refractivity contribution >= 4 is 0 Å². The Hall–Kier alpha value is -8.07. The van der Waals surface area contributed by atoms with Gasteiger partial charge in [0.2, 0.25) is 0 Å². The predicted molar refractivity (Wildman–Crippen MR) is 254 cm³/mol. The van der Waals surface area contributed by atoms with Gasteiger partial charge in [-0.2, -0.15) is 0 Å². The van der Waals surface area contributed by atoms with Crippen LogP contribution in [0, 0.1) is 0 Å². The molecule has 12 rings (SSSR count). The number of fused-ring (bicyclic) bond motifs is 9. The van der Waals surface area contributed by atoms with Crippen molar-refractivity contribution < 1.29 is 4.74 Å². The molecular weight excluding hydrogens is 751 g/mol. The summed E-state index contributed by atoms with van der Waals surface area (Å²) in [5, 5.41) is 0. The highest BCUT2D eigenvalue weighted by Crippen LogP contribution is 2.62. The molecule has 1 aromatic heterocycles. The van der Waals surface area contributed by atoms with E-state index in [0.29, 0.717) is 0 Å². The van der Waals surface area contributed by atoms with Crippen LogP contribution < -0.4 is 4.74 Å². The normalized spacial score (nSPS) is 12.8. The van der Waals surface area contributed by atoms with Gasteiger partial charge >= 0.3 is 0 Å². The zero-order valence-corrected chi connectivity index (χ0v) is 33.9. The third-order valence-electron chi connectivity index (χ3n) is 12.8. The van der Waals surface area contributed by atoms with Crippen LogP contribution in [0.1, 0.15) is 22.3 Å². The van der Waals surface area contributed by atoms with Crippen LogP contribution in [-0.4, -0.2) is 4.98 Å². The quantitative estimate of drug-likeness (QED) is 0.167. The SMILES string of the molecule is c1ccc(-c2cc(-c3cccc(-c4ccc(-c5ccc6c(c5)C5(c7ccccc7O6)c6ccccc6-c6ccccc65)cc4)c3-c3ccccc3)cc(-c3ccccc3)n2)cc1. The van der Waals surface area contributed by atoms with Gasteiger partial charge < -0.3 is 4.74 Å². The van der Waals surface area contributed by atoms with Crippen LogP contribution in [0.5, 0.6) is 11.5 Å². The summed E-state index contributed by atoms with van der Waals surface area (Å²) in [5.74, 6) is 1.79. The van der Waals surface area contributed by atoms with Gasteiger partial charge in [-0.1, -0.05) is 206 Å². The molecule has 2 aliphatic rings. The van der Waals surface area contributed by atoms with Gasteiger partial charge in [0.05, 0.1) is 16.8 Å². The number of benzene rings is 9. The Morgan fingerprint density at radius 1 is 0.274 bits per heavy atom. The molecule has 10 aromatic rings. The smallest absolute Gasteiger partial charge is 0.132 e. The molecule has 0 fully saturated rings. The first kappa shape index (κ1) is 35.8. The molecule has 0 N–H and O–H groups in total. The van der Waals surface area contributed by atoms with E-state index < -0.39 is 5.41 Å². The van der Waals surface area contributed by atoms with Crippen LogP contribution in [0.4, 0.5) is 0 Å². The van der Waals surface area contributed by atoms with E-state index in [1.165, 1.54) is 44.5 Å². The van der Waals surface area contributed by atoms with E-state index in [4.69, 9.17) is 9.72 Å². The number of ether oxygens (including phenoxy) is 1. The molecule has 0 bridgehead atoms. The second kappa shape index (κ2) is 14.6. The topological polar surface area (TPSA) is 22.1 Å². The van der Waals surface area contributed by atoms with E-state index in [0.717, 1.165) is 67.4 Å². The van der Waals surface area contributed by atoms with Crippen molar-refractivity contribution in [1.82, 2.24) is 4.98 Å². The summed E-state index contributed by atoms with van der Waals surface area (Å²) in [4.78, 5) is 5.20. The maximum absolute atomic E-state index is 6.73. The van der Waals surface area contributed by atoms with E-state index >= 15 is 0 Å². The van der Waals surface area contributed by atoms with Gasteiger partial charge in [-0.05, 0) is 97.1 Å². The molecule has 1 aliphatic carbocycles. The largest absolute Gasteiger partial charge is 0.457 e. The first-order chi connectivity index (χ1) is 30.7. The molecule has 0 atom stereocenters. The van der Waals surface area contributed by atoms with Crippen LogP contribution in [0.3, 0.4) is 0 Å². The Bertz CT molecular complexity index is 3200. The second-order valence-corrected chi connectivity index (χ2v) is 16.2. The lowest BCUT2D eigenvalue weighted by atomic mass is 9.66. The third kappa shape index (κ3) is 5.68. The molecule has 0 saturated carbocycles. The number of pyridine rings is 1. The van der Waals surface area contributed by atoms with Crippen LogP contribution in [-0.2, 0) is 5.41 Å². The molecule has 2 nitrogen and oxygen atoms in total. The average molecular weight is 790 g/mol. The molecule has 290 valence electrons. The van der Waals surface area contributed by atoms with Crippen LogP contribution in [0.15, 0.2) is 237 Å². The molecule has 0 amide bonds. The molecule has 0 radical (unpaired) electrons. The highest BCUT2D eigenvalue weighted by Gasteiger charge is 2.51.